The first-order valence-electron chi connectivity index (χ1n) is 6.90. The van der Waals surface area contributed by atoms with Gasteiger partial charge in [0.25, 0.3) is 11.5 Å². The van der Waals surface area contributed by atoms with Crippen LogP contribution in [0, 0.1) is 13.8 Å². The second-order valence-electron chi connectivity index (χ2n) is 5.32. The fourth-order valence-electron chi connectivity index (χ4n) is 2.28. The second-order valence-corrected chi connectivity index (χ2v) is 7.17. The molecule has 0 radical (unpaired) electrons. The number of thiophene rings is 1. The molecule has 1 N–H and O–H groups in total. The average molecular weight is 392 g/mol. The molecule has 0 saturated heterocycles. The second kappa shape index (κ2) is 5.90. The van der Waals surface area contributed by atoms with E-state index in [1.165, 1.54) is 22.2 Å². The van der Waals surface area contributed by atoms with Crippen molar-refractivity contribution in [2.24, 2.45) is 7.05 Å². The molecule has 0 aliphatic rings. The number of aromatic nitrogens is 2. The fourth-order valence-corrected chi connectivity index (χ4v) is 3.70. The van der Waals surface area contributed by atoms with E-state index in [2.05, 4.69) is 26.2 Å². The molecule has 0 atom stereocenters. The number of hydrogen-bond donors (Lipinski definition) is 1. The van der Waals surface area contributed by atoms with Crippen molar-refractivity contribution in [3.8, 4) is 0 Å². The minimum absolute atomic E-state index is 0.138. The van der Waals surface area contributed by atoms with Gasteiger partial charge in [-0.25, -0.2) is 4.98 Å². The van der Waals surface area contributed by atoms with Crippen LogP contribution in [0.4, 0.5) is 5.69 Å². The lowest BCUT2D eigenvalue weighted by molar-refractivity contribution is 0.103. The molecule has 0 saturated carbocycles. The van der Waals surface area contributed by atoms with Gasteiger partial charge in [0, 0.05) is 17.2 Å². The Labute approximate surface area is 145 Å². The molecule has 3 aromatic rings. The number of rotatable bonds is 2. The summed E-state index contributed by atoms with van der Waals surface area (Å²) in [7, 11) is 1.65. The molecule has 5 nitrogen and oxygen atoms in total. The molecule has 1 amide bonds. The van der Waals surface area contributed by atoms with Crippen molar-refractivity contribution in [3.63, 3.8) is 0 Å². The highest BCUT2D eigenvalue weighted by Gasteiger charge is 2.19. The molecule has 3 rings (SSSR count). The molecule has 23 heavy (non-hydrogen) atoms. The van der Waals surface area contributed by atoms with Gasteiger partial charge in [0.05, 0.1) is 16.6 Å². The Balaban J connectivity index is 2.01. The zero-order valence-electron chi connectivity index (χ0n) is 12.8. The summed E-state index contributed by atoms with van der Waals surface area (Å²) in [5.41, 5.74) is 2.32. The molecule has 0 fully saturated rings. The Hall–Kier alpha value is -1.99. The summed E-state index contributed by atoms with van der Waals surface area (Å²) in [4.78, 5) is 30.1. The molecular weight excluding hydrogens is 378 g/mol. The van der Waals surface area contributed by atoms with Crippen LogP contribution in [-0.4, -0.2) is 15.5 Å². The lowest BCUT2D eigenvalue weighted by atomic mass is 10.2. The van der Waals surface area contributed by atoms with E-state index < -0.39 is 0 Å². The third kappa shape index (κ3) is 2.82. The normalized spacial score (nSPS) is 11.0. The van der Waals surface area contributed by atoms with Gasteiger partial charge in [-0.05, 0) is 37.1 Å². The zero-order chi connectivity index (χ0) is 16.7. The highest BCUT2D eigenvalue weighted by Crippen LogP contribution is 2.28. The number of nitrogens with one attached hydrogen (secondary N) is 1. The summed E-state index contributed by atoms with van der Waals surface area (Å²) < 4.78 is 2.35. The molecule has 0 unspecified atom stereocenters. The van der Waals surface area contributed by atoms with Crippen LogP contribution < -0.4 is 10.9 Å². The average Bonchev–Trinajstić information content (AvgIpc) is 2.84. The van der Waals surface area contributed by atoms with Gasteiger partial charge < -0.3 is 9.88 Å². The van der Waals surface area contributed by atoms with E-state index in [9.17, 15) is 9.59 Å². The van der Waals surface area contributed by atoms with E-state index in [4.69, 9.17) is 0 Å². The van der Waals surface area contributed by atoms with E-state index in [1.54, 1.807) is 14.0 Å². The molecule has 0 spiro atoms. The minimum Gasteiger partial charge on any atom is -0.321 e. The zero-order valence-corrected chi connectivity index (χ0v) is 15.2. The molecule has 0 bridgehead atoms. The third-order valence-electron chi connectivity index (χ3n) is 3.65. The van der Waals surface area contributed by atoms with Crippen molar-refractivity contribution in [2.45, 2.75) is 13.8 Å². The Morgan fingerprint density at radius 1 is 1.35 bits per heavy atom. The van der Waals surface area contributed by atoms with Gasteiger partial charge in [-0.1, -0.05) is 22.0 Å². The number of benzene rings is 1. The first-order chi connectivity index (χ1) is 10.9. The van der Waals surface area contributed by atoms with Gasteiger partial charge in [0.1, 0.15) is 4.83 Å². The smallest absolute Gasteiger partial charge is 0.266 e. The van der Waals surface area contributed by atoms with Crippen LogP contribution in [0.1, 0.15) is 20.8 Å². The quantitative estimate of drug-likeness (QED) is 0.725. The number of carbonyl (C=O) groups excluding carboxylic acids is 1. The number of halogens is 1. The van der Waals surface area contributed by atoms with E-state index >= 15 is 0 Å². The molecule has 2 heterocycles. The summed E-state index contributed by atoms with van der Waals surface area (Å²) in [6.45, 7) is 3.76. The minimum atomic E-state index is -0.233. The van der Waals surface area contributed by atoms with E-state index in [1.807, 2.05) is 25.1 Å². The van der Waals surface area contributed by atoms with Gasteiger partial charge in [0.15, 0.2) is 0 Å². The van der Waals surface area contributed by atoms with Gasteiger partial charge >= 0.3 is 0 Å². The maximum Gasteiger partial charge on any atom is 0.266 e. The van der Waals surface area contributed by atoms with Crippen LogP contribution in [0.15, 0.2) is 33.8 Å². The maximum atomic E-state index is 12.5. The number of hydrogen-bond acceptors (Lipinski definition) is 4. The molecule has 1 aromatic carbocycles. The largest absolute Gasteiger partial charge is 0.321 e. The first kappa shape index (κ1) is 15.9. The molecule has 0 aliphatic heterocycles. The van der Waals surface area contributed by atoms with Crippen molar-refractivity contribution in [1.29, 1.82) is 0 Å². The predicted molar refractivity (Wildman–Crippen MR) is 96.4 cm³/mol. The van der Waals surface area contributed by atoms with Crippen LogP contribution in [0.2, 0.25) is 0 Å². The molecule has 2 aromatic heterocycles. The number of aryl methyl sites for hydroxylation is 3. The van der Waals surface area contributed by atoms with Crippen molar-refractivity contribution in [2.75, 3.05) is 5.32 Å². The summed E-state index contributed by atoms with van der Waals surface area (Å²) in [5.74, 6) is -0.233. The third-order valence-corrected chi connectivity index (χ3v) is 5.70. The van der Waals surface area contributed by atoms with E-state index in [0.717, 1.165) is 10.0 Å². The molecule has 7 heteroatoms. The molecular formula is C16H14BrN3O2S. The van der Waals surface area contributed by atoms with Crippen molar-refractivity contribution in [3.05, 3.63) is 55.4 Å². The van der Waals surface area contributed by atoms with Crippen molar-refractivity contribution >= 4 is 49.1 Å². The summed E-state index contributed by atoms with van der Waals surface area (Å²) in [5, 5.41) is 3.38. The number of nitrogens with zero attached hydrogens (tertiary/aromatic N) is 2. The van der Waals surface area contributed by atoms with E-state index in [0.29, 0.717) is 26.3 Å². The van der Waals surface area contributed by atoms with Gasteiger partial charge in [0.2, 0.25) is 0 Å². The highest BCUT2D eigenvalue weighted by atomic mass is 79.9. The Kier molecular flexibility index (Phi) is 4.08. The Morgan fingerprint density at radius 2 is 2.09 bits per heavy atom. The topological polar surface area (TPSA) is 64.0 Å². The number of fused-ring (bicyclic) bond motifs is 1. The fraction of sp³-hybridized carbons (Fsp3) is 0.188. The Morgan fingerprint density at radius 3 is 2.78 bits per heavy atom. The standard InChI is InChI=1S/C16H14BrN3O2S/c1-8-4-5-10(6-11(8)17)19-14(21)13-9(2)12-15(23-13)18-7-20(3)16(12)22/h4-7H,1-3H3,(H,19,21). The highest BCUT2D eigenvalue weighted by molar-refractivity contribution is 9.10. The molecule has 0 aliphatic carbocycles. The summed E-state index contributed by atoms with van der Waals surface area (Å²) in [6.07, 6.45) is 1.47. The van der Waals surface area contributed by atoms with Crippen LogP contribution in [0.25, 0.3) is 10.2 Å². The first-order valence-corrected chi connectivity index (χ1v) is 8.51. The van der Waals surface area contributed by atoms with Gasteiger partial charge in [-0.3, -0.25) is 9.59 Å². The number of carbonyl (C=O) groups is 1. The van der Waals surface area contributed by atoms with Crippen LogP contribution in [-0.2, 0) is 7.05 Å². The SMILES string of the molecule is Cc1ccc(NC(=O)c2sc3ncn(C)c(=O)c3c2C)cc1Br. The molecule has 118 valence electrons. The maximum absolute atomic E-state index is 12.5. The number of amides is 1. The summed E-state index contributed by atoms with van der Waals surface area (Å²) >= 11 is 4.68. The van der Waals surface area contributed by atoms with Crippen LogP contribution >= 0.6 is 27.3 Å². The van der Waals surface area contributed by atoms with Crippen molar-refractivity contribution in [1.82, 2.24) is 9.55 Å². The summed E-state index contributed by atoms with van der Waals surface area (Å²) in [6, 6.07) is 5.62. The Bertz CT molecular complexity index is 991. The van der Waals surface area contributed by atoms with Gasteiger partial charge in [-0.15, -0.1) is 11.3 Å². The lowest BCUT2D eigenvalue weighted by Gasteiger charge is -2.06. The van der Waals surface area contributed by atoms with Gasteiger partial charge in [-0.2, -0.15) is 0 Å². The number of anilines is 1. The van der Waals surface area contributed by atoms with Crippen LogP contribution in [0.3, 0.4) is 0 Å². The van der Waals surface area contributed by atoms with Crippen LogP contribution in [0.5, 0.6) is 0 Å². The van der Waals surface area contributed by atoms with Crippen molar-refractivity contribution < 1.29 is 4.79 Å². The predicted octanol–water partition coefficient (Wildman–Crippen LogP) is 3.63. The van der Waals surface area contributed by atoms with E-state index in [-0.39, 0.29) is 11.5 Å². The monoisotopic (exact) mass is 391 g/mol. The lowest BCUT2D eigenvalue weighted by Crippen LogP contribution is -2.17.